The SMILES string of the molecule is O=C(O)[C@H]1CCCCS1(=O)=O. The molecule has 11 heavy (non-hydrogen) atoms. The normalized spacial score (nSPS) is 29.6. The molecule has 1 N–H and O–H groups in total. The Bertz CT molecular complexity index is 254. The molecular formula is C6H10O4S. The summed E-state index contributed by atoms with van der Waals surface area (Å²) in [6, 6.07) is 0. The van der Waals surface area contributed by atoms with Gasteiger partial charge in [-0.25, -0.2) is 8.42 Å². The van der Waals surface area contributed by atoms with Crippen LogP contribution in [0.5, 0.6) is 0 Å². The molecule has 1 fully saturated rings. The first-order valence-electron chi connectivity index (χ1n) is 3.48. The smallest absolute Gasteiger partial charge is 0.321 e. The predicted octanol–water partition coefficient (Wildman–Crippen LogP) is 0.0383. The van der Waals surface area contributed by atoms with Crippen LogP contribution in [0.3, 0.4) is 0 Å². The van der Waals surface area contributed by atoms with E-state index in [1.165, 1.54) is 0 Å². The van der Waals surface area contributed by atoms with Crippen molar-refractivity contribution in [2.75, 3.05) is 5.75 Å². The van der Waals surface area contributed by atoms with E-state index in [1.807, 2.05) is 0 Å². The van der Waals surface area contributed by atoms with E-state index < -0.39 is 21.1 Å². The summed E-state index contributed by atoms with van der Waals surface area (Å²) in [5.41, 5.74) is 0. The molecule has 0 aliphatic carbocycles. The first kappa shape index (κ1) is 8.52. The number of carbonyl (C=O) groups is 1. The topological polar surface area (TPSA) is 71.4 Å². The second-order valence-corrected chi connectivity index (χ2v) is 4.99. The highest BCUT2D eigenvalue weighted by Crippen LogP contribution is 2.19. The van der Waals surface area contributed by atoms with Gasteiger partial charge in [-0.2, -0.15) is 0 Å². The molecule has 0 amide bonds. The molecule has 0 radical (unpaired) electrons. The van der Waals surface area contributed by atoms with E-state index in [0.717, 1.165) is 0 Å². The molecule has 1 aliphatic heterocycles. The number of sulfone groups is 1. The molecule has 1 rings (SSSR count). The van der Waals surface area contributed by atoms with Crippen molar-refractivity contribution in [2.24, 2.45) is 0 Å². The molecule has 1 heterocycles. The van der Waals surface area contributed by atoms with Gasteiger partial charge in [0.25, 0.3) is 0 Å². The lowest BCUT2D eigenvalue weighted by Gasteiger charge is -2.17. The molecule has 0 bridgehead atoms. The lowest BCUT2D eigenvalue weighted by molar-refractivity contribution is -0.136. The Labute approximate surface area is 65.1 Å². The number of rotatable bonds is 1. The zero-order valence-corrected chi connectivity index (χ0v) is 6.80. The highest BCUT2D eigenvalue weighted by atomic mass is 32.2. The first-order valence-corrected chi connectivity index (χ1v) is 5.20. The van der Waals surface area contributed by atoms with Gasteiger partial charge in [0.1, 0.15) is 0 Å². The van der Waals surface area contributed by atoms with E-state index in [-0.39, 0.29) is 12.2 Å². The Morgan fingerprint density at radius 2 is 2.00 bits per heavy atom. The van der Waals surface area contributed by atoms with Crippen molar-refractivity contribution in [3.8, 4) is 0 Å². The molecule has 4 nitrogen and oxygen atoms in total. The Morgan fingerprint density at radius 1 is 1.36 bits per heavy atom. The van der Waals surface area contributed by atoms with E-state index in [4.69, 9.17) is 5.11 Å². The van der Waals surface area contributed by atoms with Crippen molar-refractivity contribution >= 4 is 15.8 Å². The number of hydrogen-bond donors (Lipinski definition) is 1. The second-order valence-electron chi connectivity index (χ2n) is 2.69. The number of hydrogen-bond acceptors (Lipinski definition) is 3. The summed E-state index contributed by atoms with van der Waals surface area (Å²) in [5.74, 6) is -1.17. The van der Waals surface area contributed by atoms with Gasteiger partial charge in [0.05, 0.1) is 5.75 Å². The lowest BCUT2D eigenvalue weighted by atomic mass is 10.2. The highest BCUT2D eigenvalue weighted by Gasteiger charge is 2.34. The van der Waals surface area contributed by atoms with Crippen LogP contribution in [0.4, 0.5) is 0 Å². The molecule has 0 unspecified atom stereocenters. The minimum absolute atomic E-state index is 0.0317. The van der Waals surface area contributed by atoms with Crippen LogP contribution in [0.15, 0.2) is 0 Å². The summed E-state index contributed by atoms with van der Waals surface area (Å²) in [5, 5.41) is 7.35. The summed E-state index contributed by atoms with van der Waals surface area (Å²) in [7, 11) is -3.32. The largest absolute Gasteiger partial charge is 0.480 e. The van der Waals surface area contributed by atoms with Crippen molar-refractivity contribution in [2.45, 2.75) is 24.5 Å². The molecule has 0 saturated carbocycles. The van der Waals surface area contributed by atoms with E-state index in [9.17, 15) is 13.2 Å². The molecule has 0 aromatic rings. The van der Waals surface area contributed by atoms with Crippen molar-refractivity contribution in [1.82, 2.24) is 0 Å². The van der Waals surface area contributed by atoms with E-state index in [2.05, 4.69) is 0 Å². The van der Waals surface area contributed by atoms with Gasteiger partial charge in [-0.1, -0.05) is 6.42 Å². The summed E-state index contributed by atoms with van der Waals surface area (Å²) in [6.45, 7) is 0. The number of carboxylic acids is 1. The van der Waals surface area contributed by atoms with Gasteiger partial charge in [0.15, 0.2) is 15.1 Å². The van der Waals surface area contributed by atoms with E-state index in [0.29, 0.717) is 12.8 Å². The van der Waals surface area contributed by atoms with Gasteiger partial charge in [-0.3, -0.25) is 4.79 Å². The maximum Gasteiger partial charge on any atom is 0.321 e. The maximum atomic E-state index is 11.0. The van der Waals surface area contributed by atoms with Gasteiger partial charge in [-0.15, -0.1) is 0 Å². The van der Waals surface area contributed by atoms with Gasteiger partial charge in [-0.05, 0) is 12.8 Å². The molecule has 64 valence electrons. The van der Waals surface area contributed by atoms with Crippen molar-refractivity contribution in [3.05, 3.63) is 0 Å². The van der Waals surface area contributed by atoms with E-state index >= 15 is 0 Å². The fourth-order valence-corrected chi connectivity index (χ4v) is 2.96. The summed E-state index contributed by atoms with van der Waals surface area (Å²) in [6.07, 6.45) is 1.58. The molecule has 5 heteroatoms. The van der Waals surface area contributed by atoms with Crippen LogP contribution in [0.25, 0.3) is 0 Å². The molecule has 0 spiro atoms. The van der Waals surface area contributed by atoms with E-state index in [1.54, 1.807) is 0 Å². The average molecular weight is 178 g/mol. The number of aliphatic carboxylic acids is 1. The molecule has 1 aliphatic rings. The Morgan fingerprint density at radius 3 is 2.36 bits per heavy atom. The Balaban J connectivity index is 2.85. The Kier molecular flexibility index (Phi) is 2.17. The average Bonchev–Trinajstić information content (AvgIpc) is 1.85. The molecule has 1 saturated heterocycles. The second kappa shape index (κ2) is 2.81. The predicted molar refractivity (Wildman–Crippen MR) is 39.1 cm³/mol. The number of carboxylic acid groups (broad SMARTS) is 1. The van der Waals surface area contributed by atoms with Gasteiger partial charge < -0.3 is 5.11 Å². The highest BCUT2D eigenvalue weighted by molar-refractivity contribution is 7.92. The zero-order chi connectivity index (χ0) is 8.48. The summed E-state index contributed by atoms with van der Waals surface area (Å²) < 4.78 is 22.1. The van der Waals surface area contributed by atoms with Crippen molar-refractivity contribution < 1.29 is 18.3 Å². The fourth-order valence-electron chi connectivity index (χ4n) is 1.23. The molecule has 1 atom stereocenters. The van der Waals surface area contributed by atoms with Crippen LogP contribution >= 0.6 is 0 Å². The third kappa shape index (κ3) is 1.71. The standard InChI is InChI=1S/C6H10O4S/c7-6(8)5-3-1-2-4-11(5,9)10/h5H,1-4H2,(H,7,8)/t5-/m1/s1. The maximum absolute atomic E-state index is 11.0. The minimum atomic E-state index is -3.32. The fraction of sp³-hybridized carbons (Fsp3) is 0.833. The van der Waals surface area contributed by atoms with Crippen molar-refractivity contribution in [1.29, 1.82) is 0 Å². The summed E-state index contributed by atoms with van der Waals surface area (Å²) >= 11 is 0. The summed E-state index contributed by atoms with van der Waals surface area (Å²) in [4.78, 5) is 10.4. The monoisotopic (exact) mass is 178 g/mol. The van der Waals surface area contributed by atoms with Crippen LogP contribution in [0.2, 0.25) is 0 Å². The van der Waals surface area contributed by atoms with Crippen LogP contribution < -0.4 is 0 Å². The van der Waals surface area contributed by atoms with Crippen LogP contribution in [0, 0.1) is 0 Å². The van der Waals surface area contributed by atoms with Gasteiger partial charge in [0, 0.05) is 0 Å². The van der Waals surface area contributed by atoms with Crippen LogP contribution in [0.1, 0.15) is 19.3 Å². The zero-order valence-electron chi connectivity index (χ0n) is 5.99. The molecular weight excluding hydrogens is 168 g/mol. The van der Waals surface area contributed by atoms with Crippen molar-refractivity contribution in [3.63, 3.8) is 0 Å². The lowest BCUT2D eigenvalue weighted by Crippen LogP contribution is -2.35. The Hall–Kier alpha value is -0.580. The van der Waals surface area contributed by atoms with Crippen LogP contribution in [-0.2, 0) is 14.6 Å². The molecule has 0 aromatic heterocycles. The van der Waals surface area contributed by atoms with Gasteiger partial charge >= 0.3 is 5.97 Å². The first-order chi connectivity index (χ1) is 5.04. The third-order valence-electron chi connectivity index (χ3n) is 1.85. The third-order valence-corrected chi connectivity index (χ3v) is 4.02. The quantitative estimate of drug-likeness (QED) is 0.615. The molecule has 0 aromatic carbocycles. The minimum Gasteiger partial charge on any atom is -0.480 e. The van der Waals surface area contributed by atoms with Crippen LogP contribution in [-0.4, -0.2) is 30.5 Å². The van der Waals surface area contributed by atoms with Gasteiger partial charge in [0.2, 0.25) is 0 Å².